The summed E-state index contributed by atoms with van der Waals surface area (Å²) in [5.41, 5.74) is 0.0749. The number of fused-ring (bicyclic) bond motifs is 2. The molecule has 2 saturated carbocycles. The zero-order chi connectivity index (χ0) is 15.4. The molecule has 2 fully saturated rings. The minimum Gasteiger partial charge on any atom is -0.477 e. The molecule has 2 bridgehead atoms. The summed E-state index contributed by atoms with van der Waals surface area (Å²) >= 11 is 0. The number of rotatable bonds is 3. The van der Waals surface area contributed by atoms with Crippen LogP contribution in [-0.4, -0.2) is 33.0 Å². The van der Waals surface area contributed by atoms with Gasteiger partial charge in [-0.05, 0) is 36.0 Å². The van der Waals surface area contributed by atoms with Crippen molar-refractivity contribution in [3.63, 3.8) is 0 Å². The first kappa shape index (κ1) is 14.1. The third-order valence-electron chi connectivity index (χ3n) is 6.17. The fraction of sp³-hybridized carbons (Fsp3) is 0.667. The minimum atomic E-state index is -1.17. The lowest BCUT2D eigenvalue weighted by Crippen LogP contribution is -2.47. The Morgan fingerprint density at radius 2 is 2.14 bits per heavy atom. The minimum absolute atomic E-state index is 0.0355. The number of carboxylic acid groups (broad SMARTS) is 1. The van der Waals surface area contributed by atoms with Gasteiger partial charge >= 0.3 is 5.97 Å². The molecule has 3 N–H and O–H groups in total. The van der Waals surface area contributed by atoms with E-state index < -0.39 is 11.9 Å². The lowest BCUT2D eigenvalue weighted by atomic mass is 9.69. The highest BCUT2D eigenvalue weighted by atomic mass is 16.4. The second kappa shape index (κ2) is 4.32. The quantitative estimate of drug-likeness (QED) is 0.794. The first-order valence-corrected chi connectivity index (χ1v) is 7.35. The predicted molar refractivity (Wildman–Crippen MR) is 76.0 cm³/mol. The summed E-state index contributed by atoms with van der Waals surface area (Å²) in [4.78, 5) is 29.8. The van der Waals surface area contributed by atoms with E-state index in [4.69, 9.17) is 5.11 Å². The van der Waals surface area contributed by atoms with Gasteiger partial charge in [0.2, 0.25) is 0 Å². The molecule has 1 amide bonds. The molecule has 1 heterocycles. The van der Waals surface area contributed by atoms with Gasteiger partial charge in [0.1, 0.15) is 0 Å². The number of amides is 1. The largest absolute Gasteiger partial charge is 0.477 e. The van der Waals surface area contributed by atoms with Crippen LogP contribution in [0.15, 0.2) is 6.33 Å². The Kier molecular flexibility index (Phi) is 2.90. The smallest absolute Gasteiger partial charge is 0.354 e. The van der Waals surface area contributed by atoms with Gasteiger partial charge < -0.3 is 15.4 Å². The van der Waals surface area contributed by atoms with Gasteiger partial charge in [-0.1, -0.05) is 20.8 Å². The fourth-order valence-corrected chi connectivity index (χ4v) is 4.28. The topological polar surface area (TPSA) is 95.1 Å². The maximum atomic E-state index is 12.4. The highest BCUT2D eigenvalue weighted by Gasteiger charge is 2.61. The van der Waals surface area contributed by atoms with E-state index in [0.717, 1.165) is 12.8 Å². The van der Waals surface area contributed by atoms with Crippen molar-refractivity contribution >= 4 is 11.9 Å². The molecule has 114 valence electrons. The van der Waals surface area contributed by atoms with Crippen molar-refractivity contribution < 1.29 is 14.7 Å². The summed E-state index contributed by atoms with van der Waals surface area (Å²) in [7, 11) is 0. The Balaban J connectivity index is 1.81. The monoisotopic (exact) mass is 291 g/mol. The van der Waals surface area contributed by atoms with E-state index in [-0.39, 0.29) is 28.3 Å². The van der Waals surface area contributed by atoms with Crippen LogP contribution in [0.25, 0.3) is 0 Å². The van der Waals surface area contributed by atoms with Gasteiger partial charge in [-0.2, -0.15) is 0 Å². The van der Waals surface area contributed by atoms with Crippen molar-refractivity contribution in [2.24, 2.45) is 16.7 Å². The van der Waals surface area contributed by atoms with Gasteiger partial charge in [0.15, 0.2) is 11.4 Å². The summed E-state index contributed by atoms with van der Waals surface area (Å²) in [5.74, 6) is -0.953. The van der Waals surface area contributed by atoms with Gasteiger partial charge in [-0.25, -0.2) is 9.78 Å². The van der Waals surface area contributed by atoms with Crippen molar-refractivity contribution in [3.05, 3.63) is 17.7 Å². The highest BCUT2D eigenvalue weighted by Crippen LogP contribution is 2.65. The third-order valence-corrected chi connectivity index (χ3v) is 6.17. The Labute approximate surface area is 123 Å². The van der Waals surface area contributed by atoms with Crippen LogP contribution in [0.4, 0.5) is 0 Å². The fourth-order valence-electron chi connectivity index (χ4n) is 4.28. The van der Waals surface area contributed by atoms with Crippen molar-refractivity contribution in [2.75, 3.05) is 0 Å². The molecule has 3 rings (SSSR count). The summed E-state index contributed by atoms with van der Waals surface area (Å²) < 4.78 is 0. The Morgan fingerprint density at radius 1 is 1.43 bits per heavy atom. The second-order valence-corrected chi connectivity index (χ2v) is 7.07. The molecular weight excluding hydrogens is 270 g/mol. The molecule has 21 heavy (non-hydrogen) atoms. The van der Waals surface area contributed by atoms with E-state index in [0.29, 0.717) is 5.92 Å². The Bertz CT molecular complexity index is 607. The molecule has 2 aliphatic carbocycles. The van der Waals surface area contributed by atoms with Crippen LogP contribution < -0.4 is 5.32 Å². The molecular formula is C15H21N3O3. The van der Waals surface area contributed by atoms with Gasteiger partial charge in [0, 0.05) is 6.04 Å². The normalized spacial score (nSPS) is 33.1. The number of aromatic carboxylic acids is 1. The first-order chi connectivity index (χ1) is 9.77. The lowest BCUT2D eigenvalue weighted by Gasteiger charge is -2.39. The van der Waals surface area contributed by atoms with Crippen LogP contribution in [-0.2, 0) is 0 Å². The van der Waals surface area contributed by atoms with Crippen LogP contribution >= 0.6 is 0 Å². The molecule has 1 aromatic rings. The number of hydrogen-bond acceptors (Lipinski definition) is 3. The Morgan fingerprint density at radius 3 is 2.67 bits per heavy atom. The van der Waals surface area contributed by atoms with Crippen LogP contribution in [0, 0.1) is 16.7 Å². The number of carbonyl (C=O) groups excluding carboxylic acids is 1. The molecule has 1 aromatic heterocycles. The zero-order valence-electron chi connectivity index (χ0n) is 12.6. The van der Waals surface area contributed by atoms with Crippen molar-refractivity contribution in [1.82, 2.24) is 15.3 Å². The summed E-state index contributed by atoms with van der Waals surface area (Å²) in [6.07, 6.45) is 4.51. The molecule has 0 spiro atoms. The van der Waals surface area contributed by atoms with Crippen LogP contribution in [0.2, 0.25) is 0 Å². The number of imidazole rings is 1. The Hall–Kier alpha value is -1.85. The standard InChI is InChI=1S/C15H21N3O3/c1-14(2)8-4-5-15(14,3)9(6-8)18-12(19)10-11(13(20)21)17-7-16-10/h7-9H,4-6H2,1-3H3,(H,16,17)(H,18,19)(H,20,21). The number of aromatic nitrogens is 2. The second-order valence-electron chi connectivity index (χ2n) is 7.07. The third kappa shape index (κ3) is 1.81. The number of carbonyl (C=O) groups is 2. The number of aromatic amines is 1. The molecule has 3 unspecified atom stereocenters. The number of H-pyrrole nitrogens is 1. The molecule has 0 aliphatic heterocycles. The van der Waals surface area contributed by atoms with E-state index in [9.17, 15) is 9.59 Å². The van der Waals surface area contributed by atoms with E-state index in [1.165, 1.54) is 12.7 Å². The molecule has 0 aromatic carbocycles. The number of carboxylic acids is 1. The van der Waals surface area contributed by atoms with E-state index in [1.807, 2.05) is 0 Å². The van der Waals surface area contributed by atoms with Gasteiger partial charge in [0.25, 0.3) is 5.91 Å². The van der Waals surface area contributed by atoms with Gasteiger partial charge in [0.05, 0.1) is 6.33 Å². The average Bonchev–Trinajstić information content (AvgIpc) is 3.01. The lowest BCUT2D eigenvalue weighted by molar-refractivity contribution is 0.0680. The average molecular weight is 291 g/mol. The molecule has 6 heteroatoms. The molecule has 0 radical (unpaired) electrons. The maximum absolute atomic E-state index is 12.4. The molecule has 0 saturated heterocycles. The highest BCUT2D eigenvalue weighted by molar-refractivity contribution is 6.02. The van der Waals surface area contributed by atoms with Gasteiger partial charge in [-0.15, -0.1) is 0 Å². The SMILES string of the molecule is CC1(C)C2CCC1(C)C(NC(=O)c1nc[nH]c1C(=O)O)C2. The predicted octanol–water partition coefficient (Wildman–Crippen LogP) is 2.05. The molecule has 3 atom stereocenters. The summed E-state index contributed by atoms with van der Waals surface area (Å²) in [6.45, 7) is 6.77. The van der Waals surface area contributed by atoms with E-state index in [1.54, 1.807) is 0 Å². The number of nitrogens with one attached hydrogen (secondary N) is 2. The van der Waals surface area contributed by atoms with Crippen LogP contribution in [0.3, 0.4) is 0 Å². The number of nitrogens with zero attached hydrogens (tertiary/aromatic N) is 1. The maximum Gasteiger partial charge on any atom is 0.354 e. The summed E-state index contributed by atoms with van der Waals surface area (Å²) in [5, 5.41) is 12.1. The molecule has 6 nitrogen and oxygen atoms in total. The first-order valence-electron chi connectivity index (χ1n) is 7.35. The zero-order valence-corrected chi connectivity index (χ0v) is 12.6. The van der Waals surface area contributed by atoms with Crippen LogP contribution in [0.1, 0.15) is 61.0 Å². The van der Waals surface area contributed by atoms with Crippen molar-refractivity contribution in [3.8, 4) is 0 Å². The summed E-state index contributed by atoms with van der Waals surface area (Å²) in [6, 6.07) is 0.0806. The van der Waals surface area contributed by atoms with Crippen LogP contribution in [0.5, 0.6) is 0 Å². The van der Waals surface area contributed by atoms with E-state index >= 15 is 0 Å². The van der Waals surface area contributed by atoms with Crippen molar-refractivity contribution in [1.29, 1.82) is 0 Å². The van der Waals surface area contributed by atoms with E-state index in [2.05, 4.69) is 36.1 Å². The van der Waals surface area contributed by atoms with Crippen molar-refractivity contribution in [2.45, 2.75) is 46.1 Å². The van der Waals surface area contributed by atoms with Gasteiger partial charge in [-0.3, -0.25) is 4.79 Å². The number of hydrogen-bond donors (Lipinski definition) is 3. The molecule has 2 aliphatic rings.